The van der Waals surface area contributed by atoms with Crippen LogP contribution in [0.4, 0.5) is 0 Å². The Morgan fingerprint density at radius 2 is 2.04 bits per heavy atom. The molecule has 0 spiro atoms. The number of carbonyl (C=O) groups is 1. The second-order valence-electron chi connectivity index (χ2n) is 4.78. The third kappa shape index (κ3) is 4.07. The van der Waals surface area contributed by atoms with Gasteiger partial charge in [0.1, 0.15) is 11.6 Å². The van der Waals surface area contributed by atoms with E-state index >= 15 is 0 Å². The first kappa shape index (κ1) is 19.1. The Hall–Kier alpha value is -2.21. The Kier molecular flexibility index (Phi) is 5.95. The van der Waals surface area contributed by atoms with Crippen molar-refractivity contribution < 1.29 is 14.6 Å². The molecule has 0 radical (unpaired) electrons. The summed E-state index contributed by atoms with van der Waals surface area (Å²) in [4.78, 5) is 29.6. The molecule has 2 rings (SSSR count). The fraction of sp³-hybridized carbons (Fsp3) is 0.200. The Balaban J connectivity index is 2.60. The fourth-order valence-corrected chi connectivity index (χ4v) is 2.85. The van der Waals surface area contributed by atoms with Crippen LogP contribution in [0.3, 0.4) is 0 Å². The molecule has 25 heavy (non-hydrogen) atoms. The largest absolute Gasteiger partial charge is 0.479 e. The molecule has 2 aromatic rings. The number of H-pyrrole nitrogens is 1. The maximum absolute atomic E-state index is 12.0. The van der Waals surface area contributed by atoms with E-state index in [9.17, 15) is 14.9 Å². The van der Waals surface area contributed by atoms with Crippen molar-refractivity contribution in [2.45, 2.75) is 18.2 Å². The van der Waals surface area contributed by atoms with Gasteiger partial charge < -0.3 is 14.8 Å². The fourth-order valence-electron chi connectivity index (χ4n) is 1.90. The molecule has 0 saturated heterocycles. The number of hydrogen-bond acceptors (Lipinski definition) is 6. The summed E-state index contributed by atoms with van der Waals surface area (Å²) < 4.78 is 5.23. The van der Waals surface area contributed by atoms with Crippen LogP contribution >= 0.6 is 35.0 Å². The molecule has 7 nitrogen and oxygen atoms in total. The van der Waals surface area contributed by atoms with E-state index in [0.29, 0.717) is 10.7 Å². The second-order valence-corrected chi connectivity index (χ2v) is 6.39. The zero-order valence-corrected chi connectivity index (χ0v) is 15.3. The van der Waals surface area contributed by atoms with Gasteiger partial charge >= 0.3 is 5.97 Å². The number of ether oxygens (including phenoxy) is 1. The van der Waals surface area contributed by atoms with E-state index in [-0.39, 0.29) is 27.1 Å². The van der Waals surface area contributed by atoms with E-state index in [2.05, 4.69) is 9.97 Å². The Morgan fingerprint density at radius 3 is 2.52 bits per heavy atom. The molecule has 1 aromatic carbocycles. The van der Waals surface area contributed by atoms with Gasteiger partial charge in [0, 0.05) is 5.56 Å². The number of nitrogens with zero attached hydrogens (tertiary/aromatic N) is 2. The van der Waals surface area contributed by atoms with Crippen LogP contribution in [-0.2, 0) is 4.79 Å². The van der Waals surface area contributed by atoms with Crippen molar-refractivity contribution in [2.24, 2.45) is 0 Å². The van der Waals surface area contributed by atoms with Gasteiger partial charge in [-0.05, 0) is 25.3 Å². The molecule has 0 amide bonds. The molecule has 130 valence electrons. The molecule has 0 fully saturated rings. The van der Waals surface area contributed by atoms with E-state index < -0.39 is 17.6 Å². The maximum Gasteiger partial charge on any atom is 0.344 e. The summed E-state index contributed by atoms with van der Waals surface area (Å²) in [6.45, 7) is 1.33. The molecule has 0 saturated carbocycles. The van der Waals surface area contributed by atoms with Gasteiger partial charge in [-0.1, -0.05) is 35.0 Å². The van der Waals surface area contributed by atoms with Crippen molar-refractivity contribution in [1.82, 2.24) is 9.97 Å². The minimum atomic E-state index is -1.18. The number of benzene rings is 1. The van der Waals surface area contributed by atoms with Gasteiger partial charge in [0.25, 0.3) is 5.56 Å². The van der Waals surface area contributed by atoms with Gasteiger partial charge in [0.05, 0.1) is 15.7 Å². The van der Waals surface area contributed by atoms with Crippen LogP contribution in [-0.4, -0.2) is 33.4 Å². The summed E-state index contributed by atoms with van der Waals surface area (Å²) in [6.07, 6.45) is 0.564. The monoisotopic (exact) mass is 399 g/mol. The quantitative estimate of drug-likeness (QED) is 0.585. The molecule has 10 heteroatoms. The van der Waals surface area contributed by atoms with Crippen LogP contribution in [0.25, 0.3) is 11.3 Å². The molecule has 1 atom stereocenters. The number of halogens is 2. The number of carboxylic acid groups (broad SMARTS) is 1. The molecule has 0 aliphatic heterocycles. The van der Waals surface area contributed by atoms with Crippen molar-refractivity contribution in [3.05, 3.63) is 38.1 Å². The molecule has 0 aliphatic carbocycles. The SMILES string of the molecule is CSc1nc(-c2cc(Cl)c(OC(C)C(=O)O)c(Cl)c2)c(C#N)c(=O)[nH]1. The number of nitriles is 1. The summed E-state index contributed by atoms with van der Waals surface area (Å²) in [7, 11) is 0. The van der Waals surface area contributed by atoms with Crippen LogP contribution in [0.2, 0.25) is 10.0 Å². The molecule has 1 heterocycles. The first-order chi connectivity index (χ1) is 11.8. The number of nitrogens with one attached hydrogen (secondary N) is 1. The molecule has 0 aliphatic rings. The van der Waals surface area contributed by atoms with Gasteiger partial charge in [-0.2, -0.15) is 5.26 Å². The van der Waals surface area contributed by atoms with Gasteiger partial charge in [-0.3, -0.25) is 4.79 Å². The topological polar surface area (TPSA) is 116 Å². The number of carboxylic acids is 1. The molecule has 1 unspecified atom stereocenters. The summed E-state index contributed by atoms with van der Waals surface area (Å²) >= 11 is 13.5. The van der Waals surface area contributed by atoms with Crippen molar-refractivity contribution in [2.75, 3.05) is 6.26 Å². The van der Waals surface area contributed by atoms with Crippen LogP contribution in [0.5, 0.6) is 5.75 Å². The lowest BCUT2D eigenvalue weighted by molar-refractivity contribution is -0.144. The number of rotatable bonds is 5. The number of thioether (sulfide) groups is 1. The maximum atomic E-state index is 12.0. The predicted octanol–water partition coefficient (Wildman–Crippen LogP) is 3.19. The van der Waals surface area contributed by atoms with E-state index in [1.54, 1.807) is 12.3 Å². The number of aliphatic carboxylic acids is 1. The van der Waals surface area contributed by atoms with Crippen molar-refractivity contribution in [3.63, 3.8) is 0 Å². The standard InChI is InChI=1S/C15H11Cl2N3O4S/c1-6(14(22)23)24-12-9(16)3-7(4-10(12)17)11-8(5-18)13(21)20-15(19-11)25-2/h3-4,6H,1-2H3,(H,22,23)(H,19,20,21). The minimum Gasteiger partial charge on any atom is -0.479 e. The third-order valence-corrected chi connectivity index (χ3v) is 4.26. The first-order valence-electron chi connectivity index (χ1n) is 6.75. The Morgan fingerprint density at radius 1 is 1.44 bits per heavy atom. The summed E-state index contributed by atoms with van der Waals surface area (Å²) in [6, 6.07) is 4.62. The lowest BCUT2D eigenvalue weighted by Gasteiger charge is -2.15. The molecular weight excluding hydrogens is 389 g/mol. The molecule has 0 bridgehead atoms. The lowest BCUT2D eigenvalue weighted by Crippen LogP contribution is -2.23. The summed E-state index contributed by atoms with van der Waals surface area (Å²) in [5, 5.41) is 18.5. The molecular formula is C15H11Cl2N3O4S. The normalized spacial score (nSPS) is 11.6. The smallest absolute Gasteiger partial charge is 0.344 e. The highest BCUT2D eigenvalue weighted by Gasteiger charge is 2.20. The highest BCUT2D eigenvalue weighted by Crippen LogP contribution is 2.38. The van der Waals surface area contributed by atoms with Crippen LogP contribution in [0.15, 0.2) is 22.1 Å². The van der Waals surface area contributed by atoms with Crippen molar-refractivity contribution >= 4 is 40.9 Å². The van der Waals surface area contributed by atoms with Crippen LogP contribution in [0, 0.1) is 11.3 Å². The van der Waals surface area contributed by atoms with Crippen molar-refractivity contribution in [1.29, 1.82) is 5.26 Å². The number of aromatic amines is 1. The van der Waals surface area contributed by atoms with E-state index in [0.717, 1.165) is 0 Å². The van der Waals surface area contributed by atoms with E-state index in [1.165, 1.54) is 30.8 Å². The van der Waals surface area contributed by atoms with Crippen LogP contribution < -0.4 is 10.3 Å². The van der Waals surface area contributed by atoms with Gasteiger partial charge in [0.2, 0.25) is 0 Å². The zero-order valence-electron chi connectivity index (χ0n) is 13.0. The second kappa shape index (κ2) is 7.78. The lowest BCUT2D eigenvalue weighted by atomic mass is 10.1. The average Bonchev–Trinajstić information content (AvgIpc) is 2.56. The Bertz CT molecular complexity index is 916. The van der Waals surface area contributed by atoms with Crippen LogP contribution in [0.1, 0.15) is 12.5 Å². The van der Waals surface area contributed by atoms with Gasteiger partial charge in [0.15, 0.2) is 17.0 Å². The predicted molar refractivity (Wildman–Crippen MR) is 94.5 cm³/mol. The highest BCUT2D eigenvalue weighted by molar-refractivity contribution is 7.98. The van der Waals surface area contributed by atoms with Gasteiger partial charge in [-0.15, -0.1) is 0 Å². The number of aromatic nitrogens is 2. The Labute approximate surface area is 156 Å². The minimum absolute atomic E-state index is 0.00424. The first-order valence-corrected chi connectivity index (χ1v) is 8.73. The zero-order chi connectivity index (χ0) is 18.7. The third-order valence-electron chi connectivity index (χ3n) is 3.12. The molecule has 2 N–H and O–H groups in total. The summed E-state index contributed by atoms with van der Waals surface area (Å²) in [5.74, 6) is -1.18. The highest BCUT2D eigenvalue weighted by atomic mass is 35.5. The molecule has 1 aromatic heterocycles. The van der Waals surface area contributed by atoms with E-state index in [4.69, 9.17) is 33.0 Å². The van der Waals surface area contributed by atoms with E-state index in [1.807, 2.05) is 0 Å². The number of hydrogen-bond donors (Lipinski definition) is 2. The van der Waals surface area contributed by atoms with Gasteiger partial charge in [-0.25, -0.2) is 9.78 Å². The average molecular weight is 400 g/mol. The summed E-state index contributed by atoms with van der Waals surface area (Å²) in [5.41, 5.74) is -0.304. The van der Waals surface area contributed by atoms with Crippen molar-refractivity contribution in [3.8, 4) is 23.1 Å².